The van der Waals surface area contributed by atoms with E-state index in [-0.39, 0.29) is 37.5 Å². The number of hydrogen-bond donors (Lipinski definition) is 0. The second-order valence-corrected chi connectivity index (χ2v) is 21.3. The van der Waals surface area contributed by atoms with Crippen LogP contribution in [0, 0.1) is 0 Å². The molecular weight excluding hydrogens is 985 g/mol. The topological polar surface area (TPSA) is 78.9 Å². The third-order valence-electron chi connectivity index (χ3n) is 13.6. The lowest BCUT2D eigenvalue weighted by atomic mass is 10.0. The lowest BCUT2D eigenvalue weighted by Gasteiger charge is -2.18. The highest BCUT2D eigenvalue weighted by Gasteiger charge is 2.19. The minimum absolute atomic E-state index is 0.102. The number of unbranched alkanes of at least 4 members (excludes halogenated alkanes) is 23. The Hall–Kier alpha value is -4.71. The number of hydrogen-bond acceptors (Lipinski definition) is 6. The van der Waals surface area contributed by atoms with E-state index in [4.69, 9.17) is 14.2 Å². The molecule has 452 valence electrons. The zero-order valence-corrected chi connectivity index (χ0v) is 51.8. The predicted molar refractivity (Wildman–Crippen MR) is 348 cm³/mol. The maximum Gasteiger partial charge on any atom is 0.306 e. The highest BCUT2D eigenvalue weighted by molar-refractivity contribution is 5.71. The molecule has 6 heteroatoms. The second kappa shape index (κ2) is 66.8. The zero-order valence-electron chi connectivity index (χ0n) is 51.8. The van der Waals surface area contributed by atoms with Gasteiger partial charge in [-0.25, -0.2) is 0 Å². The van der Waals surface area contributed by atoms with Gasteiger partial charge in [0.25, 0.3) is 0 Å². The molecule has 1 atom stereocenters. The Kier molecular flexibility index (Phi) is 62.9. The van der Waals surface area contributed by atoms with Crippen molar-refractivity contribution in [1.82, 2.24) is 0 Å². The van der Waals surface area contributed by atoms with Gasteiger partial charge in [-0.3, -0.25) is 14.4 Å². The van der Waals surface area contributed by atoms with Crippen molar-refractivity contribution in [2.45, 2.75) is 290 Å². The van der Waals surface area contributed by atoms with E-state index in [9.17, 15) is 14.4 Å². The molecule has 0 aliphatic rings. The molecule has 0 heterocycles. The summed E-state index contributed by atoms with van der Waals surface area (Å²) in [4.78, 5) is 38.3. The standard InChI is InChI=1S/C74H120O6/c1-4-7-10-13-16-19-22-25-28-29-30-31-32-33-34-35-36-37-38-39-40-41-42-43-44-45-47-49-52-55-58-61-64-67-73(76)79-70-71(69-78-72(75)66-63-60-57-54-51-48-27-24-21-18-15-12-9-6-3)80-74(77)68-65-62-59-56-53-50-46-26-23-20-17-14-11-8-5-2/h7-8,10-11,16-17,19-20,24-28,30-31,33-34,36-37,39-40,46,53,56,71H,4-6,9,12-15,18,21-23,29,32,35,38,41-45,47-52,54-55,57-70H2,1-3H3/b10-7-,11-8-,19-16-,20-17-,27-24-,28-25-,31-30-,34-33-,37-36-,40-39-,46-26-,56-53-. The van der Waals surface area contributed by atoms with Crippen molar-refractivity contribution in [3.8, 4) is 0 Å². The maximum absolute atomic E-state index is 12.9. The summed E-state index contributed by atoms with van der Waals surface area (Å²) in [6.07, 6.45) is 95.8. The molecule has 80 heavy (non-hydrogen) atoms. The summed E-state index contributed by atoms with van der Waals surface area (Å²) in [6.45, 7) is 6.36. The highest BCUT2D eigenvalue weighted by atomic mass is 16.6. The Labute approximate surface area is 493 Å². The van der Waals surface area contributed by atoms with E-state index in [2.05, 4.69) is 167 Å². The van der Waals surface area contributed by atoms with Crippen LogP contribution in [-0.4, -0.2) is 37.2 Å². The fourth-order valence-electron chi connectivity index (χ4n) is 8.70. The number of carbonyl (C=O) groups excluding carboxylic acids is 3. The van der Waals surface area contributed by atoms with Gasteiger partial charge in [0.2, 0.25) is 0 Å². The molecule has 0 rings (SSSR count). The van der Waals surface area contributed by atoms with Crippen LogP contribution in [0.1, 0.15) is 284 Å². The van der Waals surface area contributed by atoms with Gasteiger partial charge in [-0.05, 0) is 141 Å². The SMILES string of the molecule is CC/C=C\C/C=C\C/C=C\C/C=C\C/C=C\C/C=C\C/C=C\CCCCCCCCCCCCCC(=O)OCC(COC(=O)CCCCCCC/C=C\CCCCCCC)OC(=O)CCCC/C=C\C/C=C\C/C=C\C/C=C\CC. The van der Waals surface area contributed by atoms with E-state index in [1.165, 1.54) is 103 Å². The van der Waals surface area contributed by atoms with E-state index >= 15 is 0 Å². The molecule has 1 unspecified atom stereocenters. The van der Waals surface area contributed by atoms with Crippen molar-refractivity contribution < 1.29 is 28.6 Å². The number of esters is 3. The molecule has 0 aliphatic carbocycles. The predicted octanol–water partition coefficient (Wildman–Crippen LogP) is 22.7. The van der Waals surface area contributed by atoms with Gasteiger partial charge in [0.1, 0.15) is 13.2 Å². The van der Waals surface area contributed by atoms with Crippen molar-refractivity contribution >= 4 is 17.9 Å². The lowest BCUT2D eigenvalue weighted by molar-refractivity contribution is -0.167. The fourth-order valence-corrected chi connectivity index (χ4v) is 8.70. The Bertz CT molecular complexity index is 1750. The smallest absolute Gasteiger partial charge is 0.306 e. The van der Waals surface area contributed by atoms with Gasteiger partial charge >= 0.3 is 17.9 Å². The quantitative estimate of drug-likeness (QED) is 0.0261. The maximum atomic E-state index is 12.9. The highest BCUT2D eigenvalue weighted by Crippen LogP contribution is 2.15. The molecule has 0 aromatic heterocycles. The molecule has 6 nitrogen and oxygen atoms in total. The molecular formula is C74H120O6. The summed E-state index contributed by atoms with van der Waals surface area (Å²) < 4.78 is 16.9. The molecule has 0 aliphatic heterocycles. The lowest BCUT2D eigenvalue weighted by Crippen LogP contribution is -2.30. The Morgan fingerprint density at radius 2 is 0.487 bits per heavy atom. The third kappa shape index (κ3) is 64.1. The third-order valence-corrected chi connectivity index (χ3v) is 13.6. The molecule has 0 bridgehead atoms. The average Bonchev–Trinajstić information content (AvgIpc) is 3.46. The molecule has 0 spiro atoms. The summed E-state index contributed by atoms with van der Waals surface area (Å²) in [5.74, 6) is -0.955. The van der Waals surface area contributed by atoms with Crippen LogP contribution in [0.25, 0.3) is 0 Å². The molecule has 0 N–H and O–H groups in total. The van der Waals surface area contributed by atoms with Gasteiger partial charge in [-0.15, -0.1) is 0 Å². The first-order valence-electron chi connectivity index (χ1n) is 32.8. The molecule has 0 amide bonds. The molecule has 0 radical (unpaired) electrons. The van der Waals surface area contributed by atoms with Crippen molar-refractivity contribution in [3.05, 3.63) is 146 Å². The van der Waals surface area contributed by atoms with E-state index in [0.29, 0.717) is 19.3 Å². The van der Waals surface area contributed by atoms with Crippen LogP contribution in [0.15, 0.2) is 146 Å². The first-order valence-corrected chi connectivity index (χ1v) is 32.8. The van der Waals surface area contributed by atoms with Crippen LogP contribution in [0.3, 0.4) is 0 Å². The van der Waals surface area contributed by atoms with Crippen LogP contribution < -0.4 is 0 Å². The van der Waals surface area contributed by atoms with Crippen molar-refractivity contribution in [2.24, 2.45) is 0 Å². The van der Waals surface area contributed by atoms with Crippen LogP contribution in [0.5, 0.6) is 0 Å². The summed E-state index contributed by atoms with van der Waals surface area (Å²) in [7, 11) is 0. The Balaban J connectivity index is 4.29. The van der Waals surface area contributed by atoms with E-state index in [1.807, 2.05) is 0 Å². The Morgan fingerprint density at radius 1 is 0.263 bits per heavy atom. The monoisotopic (exact) mass is 1100 g/mol. The van der Waals surface area contributed by atoms with Crippen LogP contribution in [0.2, 0.25) is 0 Å². The van der Waals surface area contributed by atoms with Crippen molar-refractivity contribution in [3.63, 3.8) is 0 Å². The number of carbonyl (C=O) groups is 3. The minimum atomic E-state index is -0.810. The largest absolute Gasteiger partial charge is 0.462 e. The van der Waals surface area contributed by atoms with E-state index in [1.54, 1.807) is 0 Å². The molecule has 0 saturated carbocycles. The molecule has 0 aromatic rings. The number of ether oxygens (including phenoxy) is 3. The first-order chi connectivity index (χ1) is 39.5. The Morgan fingerprint density at radius 3 is 0.800 bits per heavy atom. The minimum Gasteiger partial charge on any atom is -0.462 e. The van der Waals surface area contributed by atoms with Gasteiger partial charge in [-0.1, -0.05) is 269 Å². The van der Waals surface area contributed by atoms with Crippen LogP contribution in [-0.2, 0) is 28.6 Å². The van der Waals surface area contributed by atoms with Crippen LogP contribution in [0.4, 0.5) is 0 Å². The first kappa shape index (κ1) is 75.3. The van der Waals surface area contributed by atoms with E-state index in [0.717, 1.165) is 135 Å². The second-order valence-electron chi connectivity index (χ2n) is 21.3. The number of rotatable bonds is 58. The van der Waals surface area contributed by atoms with Gasteiger partial charge in [0.15, 0.2) is 6.10 Å². The fraction of sp³-hybridized carbons (Fsp3) is 0.635. The summed E-state index contributed by atoms with van der Waals surface area (Å²) in [5, 5.41) is 0. The molecule has 0 aromatic carbocycles. The van der Waals surface area contributed by atoms with Gasteiger partial charge in [-0.2, -0.15) is 0 Å². The van der Waals surface area contributed by atoms with Crippen LogP contribution >= 0.6 is 0 Å². The van der Waals surface area contributed by atoms with Crippen molar-refractivity contribution in [1.29, 1.82) is 0 Å². The molecule has 0 fully saturated rings. The normalized spacial score (nSPS) is 13.1. The summed E-state index contributed by atoms with van der Waals surface area (Å²) in [5.41, 5.74) is 0. The summed E-state index contributed by atoms with van der Waals surface area (Å²) in [6, 6.07) is 0. The van der Waals surface area contributed by atoms with E-state index < -0.39 is 6.10 Å². The van der Waals surface area contributed by atoms with Gasteiger partial charge < -0.3 is 14.2 Å². The average molecular weight is 1110 g/mol. The summed E-state index contributed by atoms with van der Waals surface area (Å²) >= 11 is 0. The van der Waals surface area contributed by atoms with Gasteiger partial charge in [0, 0.05) is 19.3 Å². The molecule has 0 saturated heterocycles. The number of allylic oxidation sites excluding steroid dienone is 24. The van der Waals surface area contributed by atoms with Crippen molar-refractivity contribution in [2.75, 3.05) is 13.2 Å². The van der Waals surface area contributed by atoms with Gasteiger partial charge in [0.05, 0.1) is 0 Å². The zero-order chi connectivity index (χ0) is 57.8.